The monoisotopic (exact) mass is 1110 g/mol. The zero-order chi connectivity index (χ0) is 57.6. The van der Waals surface area contributed by atoms with Crippen LogP contribution in [0.3, 0.4) is 0 Å². The maximum atomic E-state index is 15.6. The van der Waals surface area contributed by atoms with Gasteiger partial charge in [-0.05, 0) is 96.5 Å². The van der Waals surface area contributed by atoms with Crippen LogP contribution in [0.25, 0.3) is 11.1 Å². The van der Waals surface area contributed by atoms with Gasteiger partial charge in [0, 0.05) is 49.8 Å². The predicted molar refractivity (Wildman–Crippen MR) is 315 cm³/mol. The molecule has 17 heteroatoms. The molecule has 3 aromatic carbocycles. The van der Waals surface area contributed by atoms with Gasteiger partial charge in [-0.15, -0.1) is 5.10 Å². The maximum Gasteiger partial charge on any atom is 0.303 e. The number of quaternary nitrogens is 1. The van der Waals surface area contributed by atoms with Crippen molar-refractivity contribution in [3.05, 3.63) is 95.1 Å². The average Bonchev–Trinajstić information content (AvgIpc) is 4.27. The number of aryl methyl sites for hydroxylation is 1. The molecular weight excluding hydrogens is 1010 g/mol. The number of carboxylic acid groups (broad SMARTS) is 1. The van der Waals surface area contributed by atoms with Crippen molar-refractivity contribution in [1.29, 1.82) is 0 Å². The van der Waals surface area contributed by atoms with E-state index in [1.165, 1.54) is 70.3 Å². The molecule has 0 radical (unpaired) electrons. The number of carboxylic acids is 1. The Kier molecular flexibility index (Phi) is 28.4. The predicted octanol–water partition coefficient (Wildman–Crippen LogP) is 9.89. The van der Waals surface area contributed by atoms with Crippen molar-refractivity contribution in [2.24, 2.45) is 17.4 Å². The van der Waals surface area contributed by atoms with Crippen LogP contribution >= 0.6 is 0 Å². The van der Waals surface area contributed by atoms with E-state index in [1.807, 2.05) is 54.3 Å². The molecule has 1 saturated carbocycles. The molecule has 0 unspecified atom stereocenters. The third-order valence-corrected chi connectivity index (χ3v) is 15.7. The summed E-state index contributed by atoms with van der Waals surface area (Å²) in [6, 6.07) is 18.7. The number of unbranched alkanes of at least 4 members (excludes halogenated alkanes) is 14. The molecule has 1 aliphatic carbocycles. The number of hydrogen-bond donors (Lipinski definition) is 6. The van der Waals surface area contributed by atoms with Crippen molar-refractivity contribution in [3.8, 4) is 22.6 Å². The molecule has 3 amide bonds. The molecule has 0 spiro atoms. The van der Waals surface area contributed by atoms with Gasteiger partial charge in [0.05, 0.1) is 71.8 Å². The van der Waals surface area contributed by atoms with Gasteiger partial charge in [0.1, 0.15) is 23.9 Å². The third-order valence-electron chi connectivity index (χ3n) is 15.7. The Balaban J connectivity index is 0.934. The summed E-state index contributed by atoms with van der Waals surface area (Å²) < 4.78 is 29.8. The van der Waals surface area contributed by atoms with Gasteiger partial charge in [-0.3, -0.25) is 23.9 Å². The molecule has 80 heavy (non-hydrogen) atoms. The van der Waals surface area contributed by atoms with Crippen LogP contribution in [0.15, 0.2) is 66.9 Å². The summed E-state index contributed by atoms with van der Waals surface area (Å²) in [6.07, 6.45) is 24.3. The van der Waals surface area contributed by atoms with Crippen LogP contribution in [-0.2, 0) is 44.2 Å². The second-order valence-corrected chi connectivity index (χ2v) is 23.1. The lowest BCUT2D eigenvalue weighted by atomic mass is 9.79. The SMILES string of the molecule is COc1ccc(F)c(-c2ccc(COc3cccc([C@@H](CC(=O)O)C4CC4)c3)cc2C(C)(C)Cn2cc(CCCCCCCCCCCCCCCCCC(=O)NCC[N+](C)(CCC(=O)NCCN)CCC(=O)NCCN)nn2)c1. The average molecular weight is 1110 g/mol. The second kappa shape index (κ2) is 35.1. The van der Waals surface area contributed by atoms with Gasteiger partial charge < -0.3 is 46.5 Å². The maximum absolute atomic E-state index is 15.6. The quantitative estimate of drug-likeness (QED) is 0.0181. The van der Waals surface area contributed by atoms with E-state index in [-0.39, 0.29) is 35.9 Å². The van der Waals surface area contributed by atoms with Crippen molar-refractivity contribution in [3.63, 3.8) is 0 Å². The topological polar surface area (TPSA) is 226 Å². The lowest BCUT2D eigenvalue weighted by molar-refractivity contribution is -0.907. The Hall–Kier alpha value is -5.91. The lowest BCUT2D eigenvalue weighted by Gasteiger charge is -2.34. The molecule has 4 aromatic rings. The van der Waals surface area contributed by atoms with Crippen LogP contribution in [0.1, 0.15) is 177 Å². The molecule has 16 nitrogen and oxygen atoms in total. The van der Waals surface area contributed by atoms with Gasteiger partial charge in [-0.1, -0.05) is 133 Å². The summed E-state index contributed by atoms with van der Waals surface area (Å²) in [5, 5.41) is 27.3. The highest BCUT2D eigenvalue weighted by molar-refractivity contribution is 5.77. The van der Waals surface area contributed by atoms with Gasteiger partial charge >= 0.3 is 5.97 Å². The summed E-state index contributed by atoms with van der Waals surface area (Å²) in [5.74, 6) is 0.451. The first kappa shape index (κ1) is 64.9. The van der Waals surface area contributed by atoms with Gasteiger partial charge in [-0.25, -0.2) is 4.39 Å². The van der Waals surface area contributed by atoms with Crippen LogP contribution in [0.4, 0.5) is 4.39 Å². The van der Waals surface area contributed by atoms with Gasteiger partial charge in [-0.2, -0.15) is 0 Å². The number of nitrogens with two attached hydrogens (primary N) is 2. The number of rotatable bonds is 43. The van der Waals surface area contributed by atoms with E-state index in [1.54, 1.807) is 19.2 Å². The molecule has 5 rings (SSSR count). The van der Waals surface area contributed by atoms with E-state index in [0.29, 0.717) is 112 Å². The normalized spacial score (nSPS) is 13.0. The van der Waals surface area contributed by atoms with Gasteiger partial charge in [0.25, 0.3) is 0 Å². The van der Waals surface area contributed by atoms with Crippen molar-refractivity contribution in [1.82, 2.24) is 30.9 Å². The molecule has 0 aliphatic heterocycles. The van der Waals surface area contributed by atoms with E-state index in [4.69, 9.17) is 20.9 Å². The number of aliphatic carboxylic acids is 1. The summed E-state index contributed by atoms with van der Waals surface area (Å²) in [5.41, 5.74) is 15.6. The molecule has 8 N–H and O–H groups in total. The first-order valence-corrected chi connectivity index (χ1v) is 30.0. The third kappa shape index (κ3) is 24.0. The first-order valence-electron chi connectivity index (χ1n) is 30.0. The highest BCUT2D eigenvalue weighted by atomic mass is 19.1. The van der Waals surface area contributed by atoms with Crippen LogP contribution in [-0.4, -0.2) is 115 Å². The number of nitrogens with zero attached hydrogens (tertiary/aromatic N) is 4. The number of benzene rings is 3. The molecule has 1 aromatic heterocycles. The van der Waals surface area contributed by atoms with Crippen LogP contribution in [0.2, 0.25) is 0 Å². The summed E-state index contributed by atoms with van der Waals surface area (Å²) in [4.78, 5) is 48.8. The van der Waals surface area contributed by atoms with Crippen LogP contribution in [0, 0.1) is 11.7 Å². The lowest BCUT2D eigenvalue weighted by Crippen LogP contribution is -2.52. The zero-order valence-electron chi connectivity index (χ0n) is 48.9. The Morgan fingerprint density at radius 1 is 0.725 bits per heavy atom. The standard InChI is InChI=1S/C63H96FN9O7/c1-63(2,57-41-48(25-29-54(57)56-43-52(79-4)28-30-58(56)64)46-80-53-23-20-21-50(42-53)55(44-62(77)78)49-26-27-49)47-72-45-51(70-71-72)22-18-16-14-12-10-8-6-5-7-9-11-13-15-17-19-24-59(74)69-37-40-73(3,38-31-60(75)67-35-33-65)39-32-61(76)68-36-34-66/h20-21,23,25,28-30,41-43,45,49,55H,5-19,22,24,26-27,31-40,44,46-47,65-66H2,1-4H3,(H3-,67,68,69,74,75,76,77,78)/p+1/t55-/m0/s1. The summed E-state index contributed by atoms with van der Waals surface area (Å²) >= 11 is 0. The molecule has 442 valence electrons. The number of likely N-dealkylation sites (N-methyl/N-ethyl adjacent to an activating group) is 1. The van der Waals surface area contributed by atoms with Crippen LogP contribution < -0.4 is 36.9 Å². The Morgan fingerprint density at radius 3 is 1.90 bits per heavy atom. The zero-order valence-corrected chi connectivity index (χ0v) is 48.9. The van der Waals surface area contributed by atoms with E-state index in [9.17, 15) is 24.3 Å². The largest absolute Gasteiger partial charge is 0.497 e. The number of nitrogens with one attached hydrogen (secondary N) is 3. The Labute approximate surface area is 476 Å². The molecule has 0 bridgehead atoms. The van der Waals surface area contributed by atoms with E-state index < -0.39 is 11.4 Å². The molecule has 1 aliphatic rings. The van der Waals surface area contributed by atoms with Crippen molar-refractivity contribution in [2.75, 3.05) is 66.5 Å². The fourth-order valence-electron chi connectivity index (χ4n) is 10.7. The second-order valence-electron chi connectivity index (χ2n) is 23.1. The molecule has 0 saturated heterocycles. The molecular formula is C63H97FN9O7+. The number of aromatic nitrogens is 3. The van der Waals surface area contributed by atoms with Gasteiger partial charge in [0.2, 0.25) is 17.7 Å². The fourth-order valence-corrected chi connectivity index (χ4v) is 10.7. The van der Waals surface area contributed by atoms with Crippen molar-refractivity contribution in [2.45, 2.75) is 180 Å². The summed E-state index contributed by atoms with van der Waals surface area (Å²) in [6.45, 7) is 9.02. The minimum atomic E-state index is -0.788. The fraction of sp³-hybridized carbons (Fsp3) is 0.619. The van der Waals surface area contributed by atoms with E-state index in [0.717, 1.165) is 79.3 Å². The highest BCUT2D eigenvalue weighted by Crippen LogP contribution is 2.45. The van der Waals surface area contributed by atoms with Crippen molar-refractivity contribution >= 4 is 23.7 Å². The van der Waals surface area contributed by atoms with E-state index >= 15 is 4.39 Å². The number of ether oxygens (including phenoxy) is 2. The summed E-state index contributed by atoms with van der Waals surface area (Å²) in [7, 11) is 3.61. The van der Waals surface area contributed by atoms with E-state index in [2.05, 4.69) is 46.2 Å². The Bertz CT molecular complexity index is 2470. The first-order chi connectivity index (χ1) is 38.6. The minimum Gasteiger partial charge on any atom is -0.497 e. The van der Waals surface area contributed by atoms with Crippen molar-refractivity contribution < 1.29 is 42.6 Å². The number of amides is 3. The van der Waals surface area contributed by atoms with Crippen LogP contribution in [0.5, 0.6) is 11.5 Å². The number of hydrogen-bond acceptors (Lipinski definition) is 10. The number of carbonyl (C=O) groups excluding carboxylic acids is 3. The van der Waals surface area contributed by atoms with Gasteiger partial charge in [0.15, 0.2) is 0 Å². The Morgan fingerprint density at radius 2 is 1.31 bits per heavy atom. The number of halogens is 1. The minimum absolute atomic E-state index is 0.0226. The number of carbonyl (C=O) groups is 4. The molecule has 1 heterocycles. The molecule has 1 fully saturated rings. The number of methoxy groups -OCH3 is 1. The smallest absolute Gasteiger partial charge is 0.303 e. The molecule has 1 atom stereocenters. The highest BCUT2D eigenvalue weighted by Gasteiger charge is 2.34.